The zero-order valence-corrected chi connectivity index (χ0v) is 23.5. The van der Waals surface area contributed by atoms with Crippen LogP contribution in [-0.4, -0.2) is 51.1 Å². The molecule has 0 unspecified atom stereocenters. The number of ketones is 1. The molecule has 0 atom stereocenters. The summed E-state index contributed by atoms with van der Waals surface area (Å²) in [6.45, 7) is 8.01. The van der Waals surface area contributed by atoms with E-state index in [0.717, 1.165) is 74.1 Å². The number of carbonyl (C=O) groups is 1. The lowest BCUT2D eigenvalue weighted by molar-refractivity contribution is 0.104. The van der Waals surface area contributed by atoms with Crippen LogP contribution in [0.1, 0.15) is 46.3 Å². The molecule has 1 aliphatic rings. The molecule has 0 N–H and O–H groups in total. The van der Waals surface area contributed by atoms with Gasteiger partial charge in [0.1, 0.15) is 23.9 Å². The summed E-state index contributed by atoms with van der Waals surface area (Å²) in [6, 6.07) is 17.5. The van der Waals surface area contributed by atoms with E-state index in [2.05, 4.69) is 17.9 Å². The number of methoxy groups -OCH3 is 2. The van der Waals surface area contributed by atoms with Crippen LogP contribution >= 0.6 is 11.3 Å². The Balaban J connectivity index is 1.46. The predicted octanol–water partition coefficient (Wildman–Crippen LogP) is 7.30. The highest BCUT2D eigenvalue weighted by Crippen LogP contribution is 2.45. The minimum Gasteiger partial charge on any atom is -0.497 e. The molecule has 4 aromatic rings. The fourth-order valence-corrected chi connectivity index (χ4v) is 6.63. The molecule has 0 radical (unpaired) electrons. The van der Waals surface area contributed by atoms with Crippen molar-refractivity contribution in [3.05, 3.63) is 76.9 Å². The van der Waals surface area contributed by atoms with Crippen LogP contribution in [0.4, 0.5) is 0 Å². The summed E-state index contributed by atoms with van der Waals surface area (Å²) in [5, 5.41) is 0.962. The van der Waals surface area contributed by atoms with Crippen LogP contribution in [0.3, 0.4) is 0 Å². The van der Waals surface area contributed by atoms with Crippen LogP contribution in [-0.2, 0) is 0 Å². The Morgan fingerprint density at radius 2 is 1.58 bits per heavy atom. The first-order valence-electron chi connectivity index (χ1n) is 13.2. The lowest BCUT2D eigenvalue weighted by Gasteiger charge is -2.26. The number of likely N-dealkylation sites (tertiary alicyclic amines) is 1. The number of fused-ring (bicyclic) bond motifs is 1. The minimum absolute atomic E-state index is 0.00546. The lowest BCUT2D eigenvalue weighted by Crippen LogP contribution is -2.33. The number of aryl methyl sites for hydroxylation is 2. The van der Waals surface area contributed by atoms with E-state index >= 15 is 0 Å². The molecule has 1 saturated heterocycles. The minimum atomic E-state index is 0.00546. The van der Waals surface area contributed by atoms with Crippen molar-refractivity contribution in [2.75, 3.05) is 40.5 Å². The van der Waals surface area contributed by atoms with Gasteiger partial charge in [0.15, 0.2) is 5.78 Å². The van der Waals surface area contributed by atoms with Crippen molar-refractivity contribution in [1.29, 1.82) is 0 Å². The zero-order chi connectivity index (χ0) is 26.6. The number of benzene rings is 3. The first-order chi connectivity index (χ1) is 18.5. The second kappa shape index (κ2) is 11.6. The fraction of sp³-hybridized carbons (Fsp3) is 0.344. The van der Waals surface area contributed by atoms with Crippen molar-refractivity contribution in [3.8, 4) is 27.7 Å². The van der Waals surface area contributed by atoms with Crippen molar-refractivity contribution >= 4 is 27.2 Å². The molecule has 5 nitrogen and oxygen atoms in total. The molecule has 0 aliphatic carbocycles. The van der Waals surface area contributed by atoms with Crippen molar-refractivity contribution in [2.24, 2.45) is 0 Å². The molecule has 0 bridgehead atoms. The Hall–Kier alpha value is -3.35. The number of hydrogen-bond acceptors (Lipinski definition) is 6. The van der Waals surface area contributed by atoms with Gasteiger partial charge in [-0.1, -0.05) is 6.42 Å². The molecule has 1 aromatic heterocycles. The third-order valence-corrected chi connectivity index (χ3v) is 8.74. The highest BCUT2D eigenvalue weighted by molar-refractivity contribution is 7.23. The largest absolute Gasteiger partial charge is 0.497 e. The van der Waals surface area contributed by atoms with Gasteiger partial charge in [0, 0.05) is 38.2 Å². The number of rotatable bonds is 9. The van der Waals surface area contributed by atoms with Crippen LogP contribution in [0.25, 0.3) is 20.5 Å². The monoisotopic (exact) mass is 529 g/mol. The number of ether oxygens (including phenoxy) is 3. The van der Waals surface area contributed by atoms with E-state index in [4.69, 9.17) is 14.2 Å². The van der Waals surface area contributed by atoms with E-state index in [1.54, 1.807) is 25.6 Å². The standard InChI is InChI=1S/C32H35NO4S/c1-21-20-27-28(29(34)23-8-14-26(15-9-23)37-19-18-33-16-6-5-7-17-33)32(24-10-12-25(35-3)13-11-24)38-31(27)22(2)30(21)36-4/h8-15,20H,5-7,16-19H2,1-4H3. The smallest absolute Gasteiger partial charge is 0.195 e. The topological polar surface area (TPSA) is 48.0 Å². The zero-order valence-electron chi connectivity index (χ0n) is 22.6. The lowest BCUT2D eigenvalue weighted by atomic mass is 9.95. The fourth-order valence-electron chi connectivity index (χ4n) is 5.35. The van der Waals surface area contributed by atoms with E-state index < -0.39 is 0 Å². The van der Waals surface area contributed by atoms with Crippen molar-refractivity contribution < 1.29 is 19.0 Å². The van der Waals surface area contributed by atoms with E-state index in [0.29, 0.717) is 12.2 Å². The van der Waals surface area contributed by atoms with Gasteiger partial charge in [-0.2, -0.15) is 0 Å². The second-order valence-electron chi connectivity index (χ2n) is 9.87. The number of hydrogen-bond donors (Lipinski definition) is 0. The molecule has 6 heteroatoms. The molecule has 0 saturated carbocycles. The average molecular weight is 530 g/mol. The van der Waals surface area contributed by atoms with Gasteiger partial charge >= 0.3 is 0 Å². The van der Waals surface area contributed by atoms with Crippen LogP contribution in [0, 0.1) is 13.8 Å². The first-order valence-corrected chi connectivity index (χ1v) is 14.1. The normalized spacial score (nSPS) is 14.0. The van der Waals surface area contributed by atoms with E-state index in [1.165, 1.54) is 19.3 Å². The average Bonchev–Trinajstić information content (AvgIpc) is 3.33. The molecule has 5 rings (SSSR count). The van der Waals surface area contributed by atoms with Crippen molar-refractivity contribution in [2.45, 2.75) is 33.1 Å². The molecule has 0 spiro atoms. The van der Waals surface area contributed by atoms with E-state index in [1.807, 2.05) is 55.5 Å². The molecule has 1 aliphatic heterocycles. The summed E-state index contributed by atoms with van der Waals surface area (Å²) in [5.74, 6) is 2.45. The first kappa shape index (κ1) is 26.3. The maximum Gasteiger partial charge on any atom is 0.195 e. The summed E-state index contributed by atoms with van der Waals surface area (Å²) < 4.78 is 18.1. The van der Waals surface area contributed by atoms with Gasteiger partial charge in [-0.25, -0.2) is 0 Å². The molecule has 38 heavy (non-hydrogen) atoms. The molecule has 198 valence electrons. The van der Waals surface area contributed by atoms with Crippen LogP contribution in [0.2, 0.25) is 0 Å². The van der Waals surface area contributed by atoms with Crippen molar-refractivity contribution in [3.63, 3.8) is 0 Å². The Bertz CT molecular complexity index is 1420. The summed E-state index contributed by atoms with van der Waals surface area (Å²) in [7, 11) is 3.35. The highest BCUT2D eigenvalue weighted by Gasteiger charge is 2.24. The molecule has 2 heterocycles. The summed E-state index contributed by atoms with van der Waals surface area (Å²) in [4.78, 5) is 17.5. The number of carbonyl (C=O) groups excluding carboxylic acids is 1. The summed E-state index contributed by atoms with van der Waals surface area (Å²) >= 11 is 1.64. The Morgan fingerprint density at radius 1 is 0.895 bits per heavy atom. The highest BCUT2D eigenvalue weighted by atomic mass is 32.1. The Morgan fingerprint density at radius 3 is 2.24 bits per heavy atom. The third-order valence-electron chi connectivity index (χ3n) is 7.37. The van der Waals surface area contributed by atoms with Crippen LogP contribution in [0.15, 0.2) is 54.6 Å². The Labute approximate surface area is 229 Å². The maximum atomic E-state index is 14.1. The van der Waals surface area contributed by atoms with Crippen LogP contribution < -0.4 is 14.2 Å². The van der Waals surface area contributed by atoms with Gasteiger partial charge < -0.3 is 14.2 Å². The summed E-state index contributed by atoms with van der Waals surface area (Å²) in [6.07, 6.45) is 3.88. The molecule has 3 aromatic carbocycles. The third kappa shape index (κ3) is 5.29. The number of piperidine rings is 1. The van der Waals surface area contributed by atoms with Gasteiger partial charge in [-0.05, 0) is 106 Å². The van der Waals surface area contributed by atoms with Gasteiger partial charge in [0.25, 0.3) is 0 Å². The molecular formula is C32H35NO4S. The van der Waals surface area contributed by atoms with Gasteiger partial charge in [-0.3, -0.25) is 9.69 Å². The Kier molecular flexibility index (Phi) is 8.01. The summed E-state index contributed by atoms with van der Waals surface area (Å²) in [5.41, 5.74) is 4.43. The SMILES string of the molecule is COc1ccc(-c2sc3c(C)c(OC)c(C)cc3c2C(=O)c2ccc(OCCN3CCCCC3)cc2)cc1. The molecule has 0 amide bonds. The maximum absolute atomic E-state index is 14.1. The van der Waals surface area contributed by atoms with Gasteiger partial charge in [0.05, 0.1) is 14.2 Å². The van der Waals surface area contributed by atoms with Gasteiger partial charge in [-0.15, -0.1) is 11.3 Å². The quantitative estimate of drug-likeness (QED) is 0.213. The molecule has 1 fully saturated rings. The number of nitrogens with zero attached hydrogens (tertiary/aromatic N) is 1. The van der Waals surface area contributed by atoms with E-state index in [9.17, 15) is 4.79 Å². The van der Waals surface area contributed by atoms with E-state index in [-0.39, 0.29) is 5.78 Å². The predicted molar refractivity (Wildman–Crippen MR) is 155 cm³/mol. The van der Waals surface area contributed by atoms with Crippen LogP contribution in [0.5, 0.6) is 17.2 Å². The van der Waals surface area contributed by atoms with Crippen molar-refractivity contribution in [1.82, 2.24) is 4.90 Å². The molecular weight excluding hydrogens is 494 g/mol. The number of thiophene rings is 1. The second-order valence-corrected chi connectivity index (χ2v) is 10.9. The van der Waals surface area contributed by atoms with Gasteiger partial charge in [0.2, 0.25) is 0 Å².